The Balaban J connectivity index is 2.45. The second kappa shape index (κ2) is 5.74. The number of likely N-dealkylation sites (tertiary alicyclic amines) is 1. The molecule has 1 heterocycles. The van der Waals surface area contributed by atoms with Gasteiger partial charge in [0.15, 0.2) is 0 Å². The molecule has 0 radical (unpaired) electrons. The number of amides is 1. The molecule has 1 saturated heterocycles. The number of hydrogen-bond acceptors (Lipinski definition) is 3. The van der Waals surface area contributed by atoms with Crippen LogP contribution in [0.3, 0.4) is 0 Å². The minimum atomic E-state index is -3.82. The van der Waals surface area contributed by atoms with E-state index in [-0.39, 0.29) is 16.8 Å². The molecule has 0 N–H and O–H groups in total. The van der Waals surface area contributed by atoms with Crippen molar-refractivity contribution in [2.24, 2.45) is 0 Å². The van der Waals surface area contributed by atoms with E-state index in [1.165, 1.54) is 12.1 Å². The van der Waals surface area contributed by atoms with Gasteiger partial charge in [-0.05, 0) is 43.9 Å². The topological polar surface area (TPSA) is 54.5 Å². The Morgan fingerprint density at radius 3 is 2.65 bits per heavy atom. The van der Waals surface area contributed by atoms with Crippen LogP contribution >= 0.6 is 10.7 Å². The van der Waals surface area contributed by atoms with Crippen LogP contribution in [-0.2, 0) is 15.5 Å². The molecular weight excluding hydrogens is 298 g/mol. The van der Waals surface area contributed by atoms with Crippen LogP contribution in [0.2, 0.25) is 0 Å². The smallest absolute Gasteiger partial charge is 0.261 e. The first-order valence-corrected chi connectivity index (χ1v) is 9.04. The van der Waals surface area contributed by atoms with Crippen molar-refractivity contribution in [3.05, 3.63) is 29.3 Å². The van der Waals surface area contributed by atoms with Crippen molar-refractivity contribution < 1.29 is 13.2 Å². The number of hydrogen-bond donors (Lipinski definition) is 0. The van der Waals surface area contributed by atoms with Gasteiger partial charge in [0.25, 0.3) is 15.0 Å². The third-order valence-electron chi connectivity index (χ3n) is 3.79. The van der Waals surface area contributed by atoms with Crippen LogP contribution in [0.1, 0.15) is 42.6 Å². The number of nitrogens with zero attached hydrogens (tertiary/aromatic N) is 1. The summed E-state index contributed by atoms with van der Waals surface area (Å²) in [5.74, 6) is -0.103. The highest BCUT2D eigenvalue weighted by molar-refractivity contribution is 8.13. The summed E-state index contributed by atoms with van der Waals surface area (Å²) in [6.45, 7) is 4.67. The van der Waals surface area contributed by atoms with Crippen molar-refractivity contribution >= 4 is 25.6 Å². The SMILES string of the molecule is CCc1ccc(S(=O)(=O)Cl)cc1C(=O)N1CCCC1C. The minimum absolute atomic E-state index is 0.0217. The lowest BCUT2D eigenvalue weighted by molar-refractivity contribution is 0.0746. The van der Waals surface area contributed by atoms with E-state index in [0.717, 1.165) is 24.9 Å². The van der Waals surface area contributed by atoms with Crippen molar-refractivity contribution in [2.45, 2.75) is 44.0 Å². The molecule has 0 spiro atoms. The second-order valence-corrected chi connectivity index (χ2v) is 7.67. The van der Waals surface area contributed by atoms with Gasteiger partial charge in [0.1, 0.15) is 0 Å². The molecule has 1 aromatic carbocycles. The number of halogens is 1. The summed E-state index contributed by atoms with van der Waals surface area (Å²) in [5.41, 5.74) is 1.29. The fourth-order valence-electron chi connectivity index (χ4n) is 2.60. The van der Waals surface area contributed by atoms with E-state index in [1.807, 2.05) is 13.8 Å². The average molecular weight is 316 g/mol. The zero-order valence-electron chi connectivity index (χ0n) is 11.6. The maximum absolute atomic E-state index is 12.6. The van der Waals surface area contributed by atoms with E-state index in [4.69, 9.17) is 10.7 Å². The number of carbonyl (C=O) groups is 1. The molecule has 1 aromatic rings. The monoisotopic (exact) mass is 315 g/mol. The summed E-state index contributed by atoms with van der Waals surface area (Å²) in [6.07, 6.45) is 2.65. The molecule has 1 unspecified atom stereocenters. The first kappa shape index (κ1) is 15.3. The van der Waals surface area contributed by atoms with Crippen LogP contribution in [0, 0.1) is 0 Å². The third kappa shape index (κ3) is 2.99. The summed E-state index contributed by atoms with van der Waals surface area (Å²) >= 11 is 0. The van der Waals surface area contributed by atoms with E-state index in [9.17, 15) is 13.2 Å². The highest BCUT2D eigenvalue weighted by Crippen LogP contribution is 2.25. The molecule has 20 heavy (non-hydrogen) atoms. The van der Waals surface area contributed by atoms with Crippen molar-refractivity contribution in [3.8, 4) is 0 Å². The van der Waals surface area contributed by atoms with Gasteiger partial charge in [-0.15, -0.1) is 0 Å². The number of rotatable bonds is 3. The molecule has 0 bridgehead atoms. The van der Waals surface area contributed by atoms with Gasteiger partial charge in [0, 0.05) is 28.8 Å². The van der Waals surface area contributed by atoms with Gasteiger partial charge >= 0.3 is 0 Å². The molecule has 4 nitrogen and oxygen atoms in total. The van der Waals surface area contributed by atoms with Crippen LogP contribution in [0.4, 0.5) is 0 Å². The van der Waals surface area contributed by atoms with Crippen LogP contribution in [-0.4, -0.2) is 31.8 Å². The lowest BCUT2D eigenvalue weighted by Crippen LogP contribution is -2.34. The Hall–Kier alpha value is -1.07. The summed E-state index contributed by atoms with van der Waals surface area (Å²) in [7, 11) is 1.55. The van der Waals surface area contributed by atoms with E-state index in [2.05, 4.69) is 0 Å². The molecule has 1 aliphatic heterocycles. The Morgan fingerprint density at radius 1 is 1.45 bits per heavy atom. The Morgan fingerprint density at radius 2 is 2.15 bits per heavy atom. The molecule has 0 aromatic heterocycles. The summed E-state index contributed by atoms with van der Waals surface area (Å²) in [6, 6.07) is 4.71. The summed E-state index contributed by atoms with van der Waals surface area (Å²) < 4.78 is 22.9. The molecule has 1 aliphatic rings. The Bertz CT molecular complexity index is 627. The van der Waals surface area contributed by atoms with Gasteiger partial charge in [0.05, 0.1) is 4.90 Å². The molecule has 0 aliphatic carbocycles. The van der Waals surface area contributed by atoms with Crippen LogP contribution in [0.5, 0.6) is 0 Å². The van der Waals surface area contributed by atoms with Gasteiger partial charge in [-0.3, -0.25) is 4.79 Å². The van der Waals surface area contributed by atoms with Gasteiger partial charge in [-0.2, -0.15) is 0 Å². The molecule has 1 atom stereocenters. The van der Waals surface area contributed by atoms with Crippen molar-refractivity contribution in [2.75, 3.05) is 6.54 Å². The van der Waals surface area contributed by atoms with E-state index < -0.39 is 9.05 Å². The molecule has 0 saturated carbocycles. The van der Waals surface area contributed by atoms with E-state index in [1.54, 1.807) is 11.0 Å². The molecule has 6 heteroatoms. The summed E-state index contributed by atoms with van der Waals surface area (Å²) in [5, 5.41) is 0. The van der Waals surface area contributed by atoms with Gasteiger partial charge in [-0.25, -0.2) is 8.42 Å². The van der Waals surface area contributed by atoms with Crippen LogP contribution in [0.25, 0.3) is 0 Å². The lowest BCUT2D eigenvalue weighted by atomic mass is 10.0. The maximum atomic E-state index is 12.6. The van der Waals surface area contributed by atoms with Crippen LogP contribution in [0.15, 0.2) is 23.1 Å². The van der Waals surface area contributed by atoms with E-state index >= 15 is 0 Å². The maximum Gasteiger partial charge on any atom is 0.261 e. The lowest BCUT2D eigenvalue weighted by Gasteiger charge is -2.23. The Labute approximate surface area is 124 Å². The van der Waals surface area contributed by atoms with Crippen molar-refractivity contribution in [1.82, 2.24) is 4.90 Å². The van der Waals surface area contributed by atoms with Gasteiger partial charge < -0.3 is 4.90 Å². The molecule has 2 rings (SSSR count). The Kier molecular flexibility index (Phi) is 4.39. The first-order chi connectivity index (χ1) is 9.34. The molecule has 1 fully saturated rings. The van der Waals surface area contributed by atoms with Crippen molar-refractivity contribution in [1.29, 1.82) is 0 Å². The van der Waals surface area contributed by atoms with Crippen molar-refractivity contribution in [3.63, 3.8) is 0 Å². The first-order valence-electron chi connectivity index (χ1n) is 6.73. The quantitative estimate of drug-likeness (QED) is 0.806. The van der Waals surface area contributed by atoms with Crippen LogP contribution < -0.4 is 0 Å². The fraction of sp³-hybridized carbons (Fsp3) is 0.500. The fourth-order valence-corrected chi connectivity index (χ4v) is 3.38. The average Bonchev–Trinajstić information content (AvgIpc) is 2.82. The van der Waals surface area contributed by atoms with Gasteiger partial charge in [0.2, 0.25) is 0 Å². The molecular formula is C14H18ClNO3S. The highest BCUT2D eigenvalue weighted by atomic mass is 35.7. The number of benzene rings is 1. The molecule has 110 valence electrons. The van der Waals surface area contributed by atoms with Gasteiger partial charge in [-0.1, -0.05) is 13.0 Å². The number of aryl methyl sites for hydroxylation is 1. The summed E-state index contributed by atoms with van der Waals surface area (Å²) in [4.78, 5) is 14.4. The zero-order valence-corrected chi connectivity index (χ0v) is 13.2. The highest BCUT2D eigenvalue weighted by Gasteiger charge is 2.28. The normalized spacial score (nSPS) is 19.4. The second-order valence-electron chi connectivity index (χ2n) is 5.10. The molecule has 1 amide bonds. The van der Waals surface area contributed by atoms with E-state index in [0.29, 0.717) is 12.0 Å². The predicted molar refractivity (Wildman–Crippen MR) is 78.6 cm³/mol. The number of carbonyl (C=O) groups excluding carboxylic acids is 1. The predicted octanol–water partition coefficient (Wildman–Crippen LogP) is 2.80. The zero-order chi connectivity index (χ0) is 14.9. The largest absolute Gasteiger partial charge is 0.336 e. The standard InChI is InChI=1S/C14H18ClNO3S/c1-3-11-6-7-12(20(15,18)19)9-13(11)14(17)16-8-4-5-10(16)2/h6-7,9-10H,3-5,8H2,1-2H3. The minimum Gasteiger partial charge on any atom is -0.336 e. The third-order valence-corrected chi connectivity index (χ3v) is 5.14.